The second kappa shape index (κ2) is 8.10. The van der Waals surface area contributed by atoms with E-state index < -0.39 is 11.4 Å². The lowest BCUT2D eigenvalue weighted by Gasteiger charge is -2.39. The molecule has 1 aliphatic heterocycles. The molecule has 2 amide bonds. The number of nitrogens with zero attached hydrogens (tertiary/aromatic N) is 3. The summed E-state index contributed by atoms with van der Waals surface area (Å²) in [5.41, 5.74) is 3.33. The fourth-order valence-corrected chi connectivity index (χ4v) is 4.57. The van der Waals surface area contributed by atoms with Crippen molar-refractivity contribution >= 4 is 29.1 Å². The summed E-state index contributed by atoms with van der Waals surface area (Å²) in [5.74, 6) is -0.758. The maximum atomic E-state index is 13.8. The van der Waals surface area contributed by atoms with Crippen LogP contribution < -0.4 is 4.90 Å². The molecule has 0 N–H and O–H groups in total. The van der Waals surface area contributed by atoms with Crippen LogP contribution in [-0.4, -0.2) is 39.2 Å². The number of halogens is 2. The quantitative estimate of drug-likeness (QED) is 0.529. The Kier molecular flexibility index (Phi) is 5.25. The van der Waals surface area contributed by atoms with Gasteiger partial charge in [-0.3, -0.25) is 14.5 Å². The number of carbonyl (C=O) groups is 2. The van der Waals surface area contributed by atoms with Crippen molar-refractivity contribution < 1.29 is 14.0 Å². The first-order chi connectivity index (χ1) is 15.5. The van der Waals surface area contributed by atoms with Gasteiger partial charge in [0, 0.05) is 12.2 Å². The van der Waals surface area contributed by atoms with Crippen LogP contribution in [0.1, 0.15) is 37.1 Å². The second-order valence-corrected chi connectivity index (χ2v) is 8.98. The molecule has 3 aromatic rings. The largest absolute Gasteiger partial charge is 0.329 e. The van der Waals surface area contributed by atoms with Crippen molar-refractivity contribution in [1.82, 2.24) is 9.47 Å². The molecule has 2 aliphatic rings. The van der Waals surface area contributed by atoms with E-state index in [1.165, 1.54) is 12.1 Å². The van der Waals surface area contributed by atoms with Crippen LogP contribution in [0.2, 0.25) is 0 Å². The highest BCUT2D eigenvalue weighted by atomic mass is 35.5. The lowest BCUT2D eigenvalue weighted by Crippen LogP contribution is -2.48. The molecule has 0 radical (unpaired) electrons. The Bertz CT molecular complexity index is 1170. The van der Waals surface area contributed by atoms with Crippen LogP contribution in [0.5, 0.6) is 0 Å². The maximum absolute atomic E-state index is 13.8. The number of amides is 2. The predicted molar refractivity (Wildman–Crippen MR) is 122 cm³/mol. The third-order valence-corrected chi connectivity index (χ3v) is 6.28. The Morgan fingerprint density at radius 3 is 2.41 bits per heavy atom. The highest BCUT2D eigenvalue weighted by Gasteiger charge is 2.40. The van der Waals surface area contributed by atoms with Crippen LogP contribution in [0.25, 0.3) is 5.69 Å². The number of alkyl halides is 1. The van der Waals surface area contributed by atoms with E-state index in [4.69, 9.17) is 11.6 Å². The first kappa shape index (κ1) is 20.8. The van der Waals surface area contributed by atoms with Gasteiger partial charge in [-0.15, -0.1) is 11.6 Å². The van der Waals surface area contributed by atoms with Crippen molar-refractivity contribution in [2.75, 3.05) is 11.4 Å². The van der Waals surface area contributed by atoms with E-state index in [0.29, 0.717) is 0 Å². The Balaban J connectivity index is 1.59. The molecule has 32 heavy (non-hydrogen) atoms. The molecule has 0 saturated heterocycles. The smallest absolute Gasteiger partial charge is 0.247 e. The van der Waals surface area contributed by atoms with E-state index >= 15 is 0 Å². The molecule has 1 saturated carbocycles. The molecule has 1 fully saturated rings. The van der Waals surface area contributed by atoms with E-state index in [9.17, 15) is 14.0 Å². The number of anilines is 1. The van der Waals surface area contributed by atoms with Gasteiger partial charge >= 0.3 is 0 Å². The second-order valence-electron chi connectivity index (χ2n) is 8.32. The van der Waals surface area contributed by atoms with E-state index in [2.05, 4.69) is 4.57 Å². The van der Waals surface area contributed by atoms with Gasteiger partial charge in [0.15, 0.2) is 0 Å². The van der Waals surface area contributed by atoms with Gasteiger partial charge in [0.25, 0.3) is 0 Å². The van der Waals surface area contributed by atoms with Crippen LogP contribution in [0.4, 0.5) is 10.1 Å². The van der Waals surface area contributed by atoms with Gasteiger partial charge in [-0.05, 0) is 61.7 Å². The van der Waals surface area contributed by atoms with Gasteiger partial charge in [0.05, 0.1) is 17.1 Å². The molecule has 0 spiro atoms. The third-order valence-electron chi connectivity index (χ3n) is 6.09. The number of hydrogen-bond acceptors (Lipinski definition) is 2. The Labute approximate surface area is 191 Å². The zero-order valence-corrected chi connectivity index (χ0v) is 18.4. The average Bonchev–Trinajstić information content (AvgIpc) is 3.52. The van der Waals surface area contributed by atoms with Gasteiger partial charge in [-0.1, -0.05) is 24.3 Å². The maximum Gasteiger partial charge on any atom is 0.247 e. The van der Waals surface area contributed by atoms with Crippen molar-refractivity contribution in [2.24, 2.45) is 0 Å². The molecule has 2 heterocycles. The van der Waals surface area contributed by atoms with Crippen LogP contribution in [0, 0.1) is 5.82 Å². The first-order valence-corrected chi connectivity index (χ1v) is 11.2. The topological polar surface area (TPSA) is 45.6 Å². The number of carbonyl (C=O) groups excluding carboxylic acids is 2. The number of fused-ring (bicyclic) bond motifs is 3. The average molecular weight is 452 g/mol. The summed E-state index contributed by atoms with van der Waals surface area (Å²) in [4.78, 5) is 29.9. The molecule has 5 rings (SSSR count). The minimum atomic E-state index is -0.692. The van der Waals surface area contributed by atoms with Crippen molar-refractivity contribution in [3.63, 3.8) is 0 Å². The molecular weight excluding hydrogens is 429 g/mol. The van der Waals surface area contributed by atoms with Crippen molar-refractivity contribution in [3.8, 4) is 5.69 Å². The monoisotopic (exact) mass is 451 g/mol. The van der Waals surface area contributed by atoms with Crippen LogP contribution in [0.3, 0.4) is 0 Å². The van der Waals surface area contributed by atoms with Crippen LogP contribution in [-0.2, 0) is 9.59 Å². The summed E-state index contributed by atoms with van der Waals surface area (Å²) >= 11 is 6.08. The van der Waals surface area contributed by atoms with Gasteiger partial charge < -0.3 is 9.47 Å². The van der Waals surface area contributed by atoms with Crippen LogP contribution >= 0.6 is 11.6 Å². The zero-order valence-electron chi connectivity index (χ0n) is 17.6. The Hall–Kier alpha value is -3.12. The lowest BCUT2D eigenvalue weighted by molar-refractivity contribution is -0.135. The van der Waals surface area contributed by atoms with Crippen molar-refractivity contribution in [3.05, 3.63) is 83.9 Å². The van der Waals surface area contributed by atoms with Gasteiger partial charge in [-0.25, -0.2) is 4.39 Å². The summed E-state index contributed by atoms with van der Waals surface area (Å²) in [6.07, 6.45) is 3.72. The molecule has 164 valence electrons. The molecule has 0 bridgehead atoms. The lowest BCUT2D eigenvalue weighted by atomic mass is 9.97. The summed E-state index contributed by atoms with van der Waals surface area (Å²) in [5, 5.41) is -0.692. The molecular formula is C25H23ClFN3O2. The van der Waals surface area contributed by atoms with Crippen LogP contribution in [0.15, 0.2) is 66.9 Å². The fourth-order valence-electron chi connectivity index (χ4n) is 4.45. The van der Waals surface area contributed by atoms with Crippen molar-refractivity contribution in [2.45, 2.75) is 37.2 Å². The number of benzene rings is 2. The summed E-state index contributed by atoms with van der Waals surface area (Å²) in [6.45, 7) is 1.58. The summed E-state index contributed by atoms with van der Waals surface area (Å²) in [6, 6.07) is 17.4. The molecule has 1 aromatic heterocycles. The molecule has 2 aromatic carbocycles. The summed E-state index contributed by atoms with van der Waals surface area (Å²) in [7, 11) is 0. The molecule has 1 aliphatic carbocycles. The predicted octanol–water partition coefficient (Wildman–Crippen LogP) is 4.67. The highest BCUT2D eigenvalue weighted by Crippen LogP contribution is 2.42. The highest BCUT2D eigenvalue weighted by molar-refractivity contribution is 6.30. The number of para-hydroxylation sites is 2. The standard InChI is InChI=1S/C25H23ClFN3O2/c1-16(26)25(32)29(19-12-13-19)15-23(31)30-21-6-3-2-5-20(21)28-14-4-7-22(28)24(30)17-8-10-18(27)11-9-17/h2-11,14,16,19,24H,12-13,15H2,1H3. The first-order valence-electron chi connectivity index (χ1n) is 10.7. The molecule has 7 heteroatoms. The molecule has 2 atom stereocenters. The molecule has 2 unspecified atom stereocenters. The third kappa shape index (κ3) is 3.58. The fraction of sp³-hybridized carbons (Fsp3) is 0.280. The van der Waals surface area contributed by atoms with E-state index in [0.717, 1.165) is 35.5 Å². The zero-order chi connectivity index (χ0) is 22.4. The SMILES string of the molecule is CC(Cl)C(=O)N(CC(=O)N1c2ccccc2-n2cccc2C1c1ccc(F)cc1)C1CC1. The van der Waals surface area contributed by atoms with E-state index in [1.807, 2.05) is 42.6 Å². The molecule has 5 nitrogen and oxygen atoms in total. The van der Waals surface area contributed by atoms with Gasteiger partial charge in [0.2, 0.25) is 11.8 Å². The number of aromatic nitrogens is 1. The number of hydrogen-bond donors (Lipinski definition) is 0. The van der Waals surface area contributed by atoms with E-state index in [1.54, 1.807) is 28.9 Å². The minimum Gasteiger partial charge on any atom is -0.329 e. The van der Waals surface area contributed by atoms with E-state index in [-0.39, 0.29) is 30.2 Å². The Morgan fingerprint density at radius 1 is 1.06 bits per heavy atom. The Morgan fingerprint density at radius 2 is 1.75 bits per heavy atom. The van der Waals surface area contributed by atoms with Crippen molar-refractivity contribution in [1.29, 1.82) is 0 Å². The minimum absolute atomic E-state index is 0.0483. The normalized spacial score (nSPS) is 18.0. The summed E-state index contributed by atoms with van der Waals surface area (Å²) < 4.78 is 15.7. The number of rotatable bonds is 5. The van der Waals surface area contributed by atoms with Gasteiger partial charge in [-0.2, -0.15) is 0 Å². The van der Waals surface area contributed by atoms with Gasteiger partial charge in [0.1, 0.15) is 23.8 Å².